The number of phenolic OH excluding ortho intramolecular Hbond substituents is 1. The molecule has 7 aromatic rings. The van der Waals surface area contributed by atoms with E-state index in [0.29, 0.717) is 57.5 Å². The van der Waals surface area contributed by atoms with Crippen molar-refractivity contribution in [3.8, 4) is 23.3 Å². The monoisotopic (exact) mass is 886 g/mol. The molecule has 0 fully saturated rings. The van der Waals surface area contributed by atoms with Gasteiger partial charge in [0.05, 0.1) is 45.3 Å². The summed E-state index contributed by atoms with van der Waals surface area (Å²) in [5.41, 5.74) is 9.53. The third kappa shape index (κ3) is 10.3. The molecule has 16 heteroatoms. The van der Waals surface area contributed by atoms with E-state index in [0.717, 1.165) is 12.0 Å². The predicted octanol–water partition coefficient (Wildman–Crippen LogP) is 6.90. The predicted molar refractivity (Wildman–Crippen MR) is 245 cm³/mol. The van der Waals surface area contributed by atoms with Crippen molar-refractivity contribution in [2.75, 3.05) is 30.8 Å². The molecule has 8 N–H and O–H groups in total. The molecule has 0 saturated carbocycles. The number of pyridine rings is 2. The summed E-state index contributed by atoms with van der Waals surface area (Å²) in [5, 5.41) is 31.0. The highest BCUT2D eigenvalue weighted by Crippen LogP contribution is 2.35. The molecular weight excluding hydrogens is 844 g/mol. The zero-order valence-electron chi connectivity index (χ0n) is 34.1. The van der Waals surface area contributed by atoms with E-state index in [-0.39, 0.29) is 62.4 Å². The number of phenols is 1. The molecule has 1 unspecified atom stereocenters. The van der Waals surface area contributed by atoms with Crippen LogP contribution in [0.3, 0.4) is 0 Å². The second kappa shape index (κ2) is 19.7. The number of carbonyl (C=O) groups is 2. The average molecular weight is 887 g/mol. The molecule has 0 bridgehead atoms. The Hall–Kier alpha value is -7.22. The van der Waals surface area contributed by atoms with Crippen molar-refractivity contribution in [2.45, 2.75) is 35.7 Å². The van der Waals surface area contributed by atoms with Crippen LogP contribution in [0.25, 0.3) is 21.8 Å². The summed E-state index contributed by atoms with van der Waals surface area (Å²) in [6.45, 7) is 2.59. The van der Waals surface area contributed by atoms with Crippen LogP contribution in [0.15, 0.2) is 130 Å². The number of nitrogens with zero attached hydrogens (tertiary/aromatic N) is 1. The van der Waals surface area contributed by atoms with Gasteiger partial charge < -0.3 is 41.6 Å². The highest BCUT2D eigenvalue weighted by atomic mass is 35.5. The maximum Gasteiger partial charge on any atom is 0.255 e. The fraction of sp³-hybridized carbons (Fsp3) is 0.149. The standard InChI is InChI=1S/C47H42N6O8S.ClH/c1-28-22-35(25-38-43(28)50-26-39(46(48)57)44(38)51-32-10-7-11-33(24-32)61-2)62(59,60)34-12-6-9-30(23-34)47(58)52-31-15-13-29(14-16-31)8-4-3-5-21-49-27-41(55)36-17-19-40(54)45-37(36)18-20-42(56)53-45;/h6-7,9-20,22-26,41,49,54-55H,3,5,21,27H2,1-2H3,(H2,48,57)(H,50,51)(H,52,58)(H,53,56);1H. The smallest absolute Gasteiger partial charge is 0.255 e. The quantitative estimate of drug-likeness (QED) is 0.0439. The van der Waals surface area contributed by atoms with E-state index < -0.39 is 27.8 Å². The minimum Gasteiger partial charge on any atom is -0.506 e. The Balaban J connectivity index is 0.00000661. The number of aromatic amines is 1. The van der Waals surface area contributed by atoms with Gasteiger partial charge in [0.25, 0.3) is 11.8 Å². The lowest BCUT2D eigenvalue weighted by atomic mass is 10.0. The number of hydrogen-bond acceptors (Lipinski definition) is 11. The summed E-state index contributed by atoms with van der Waals surface area (Å²) in [7, 11) is -2.65. The normalized spacial score (nSPS) is 11.5. The largest absolute Gasteiger partial charge is 0.506 e. The Morgan fingerprint density at radius 1 is 0.921 bits per heavy atom. The SMILES string of the molecule is COc1cccc(Nc2c(C(N)=O)cnc3c(C)cc(S(=O)(=O)c4cccc(C(=O)Nc5ccc(C#CCCCNCC(O)c6ccc(O)c7[nH]c(=O)ccc67)cc5)c4)cc23)c1.Cl. The number of sulfone groups is 1. The first kappa shape index (κ1) is 45.3. The lowest BCUT2D eigenvalue weighted by Crippen LogP contribution is -2.22. The molecule has 0 radical (unpaired) electrons. The number of amides is 2. The summed E-state index contributed by atoms with van der Waals surface area (Å²) in [6, 6.07) is 28.6. The third-order valence-corrected chi connectivity index (χ3v) is 11.8. The van der Waals surface area contributed by atoms with Gasteiger partial charge in [-0.1, -0.05) is 30.0 Å². The van der Waals surface area contributed by atoms with Crippen LogP contribution in [0, 0.1) is 18.8 Å². The summed E-state index contributed by atoms with van der Waals surface area (Å²) < 4.78 is 33.6. The first-order chi connectivity index (χ1) is 29.8. The molecule has 322 valence electrons. The Morgan fingerprint density at radius 3 is 2.46 bits per heavy atom. The molecule has 2 aromatic heterocycles. The number of aromatic nitrogens is 2. The molecule has 0 aliphatic carbocycles. The molecule has 0 aliphatic rings. The number of aromatic hydroxyl groups is 1. The number of hydrogen-bond donors (Lipinski definition) is 7. The van der Waals surface area contributed by atoms with E-state index in [9.17, 15) is 33.0 Å². The van der Waals surface area contributed by atoms with Crippen molar-refractivity contribution in [1.82, 2.24) is 15.3 Å². The molecule has 1 atom stereocenters. The number of halogens is 1. The lowest BCUT2D eigenvalue weighted by molar-refractivity contribution is 0.0998. The molecule has 0 saturated heterocycles. The van der Waals surface area contributed by atoms with Crippen molar-refractivity contribution in [3.63, 3.8) is 0 Å². The average Bonchev–Trinajstić information content (AvgIpc) is 3.27. The van der Waals surface area contributed by atoms with Crippen LogP contribution in [0.1, 0.15) is 56.4 Å². The number of fused-ring (bicyclic) bond motifs is 2. The maximum absolute atomic E-state index is 14.1. The van der Waals surface area contributed by atoms with Crippen LogP contribution in [-0.4, -0.2) is 60.6 Å². The number of unbranched alkanes of at least 4 members (excludes halogenated alkanes) is 1. The van der Waals surface area contributed by atoms with Gasteiger partial charge >= 0.3 is 0 Å². The Morgan fingerprint density at radius 2 is 1.70 bits per heavy atom. The number of methoxy groups -OCH3 is 1. The van der Waals surface area contributed by atoms with Gasteiger partial charge in [0.1, 0.15) is 11.5 Å². The first-order valence-electron chi connectivity index (χ1n) is 19.5. The number of primary amides is 1. The fourth-order valence-corrected chi connectivity index (χ4v) is 8.33. The fourth-order valence-electron chi connectivity index (χ4n) is 6.91. The number of anilines is 3. The van der Waals surface area contributed by atoms with Crippen LogP contribution < -0.4 is 32.0 Å². The van der Waals surface area contributed by atoms with Crippen molar-refractivity contribution < 1.29 is 33.0 Å². The van der Waals surface area contributed by atoms with Crippen LogP contribution in [0.4, 0.5) is 17.1 Å². The topological polar surface area (TPSA) is 226 Å². The number of aliphatic hydroxyl groups excluding tert-OH is 1. The highest BCUT2D eigenvalue weighted by molar-refractivity contribution is 7.91. The molecule has 5 aromatic carbocycles. The third-order valence-electron chi connectivity index (χ3n) is 10.1. The van der Waals surface area contributed by atoms with Gasteiger partial charge in [-0.25, -0.2) is 8.42 Å². The van der Waals surface area contributed by atoms with Crippen LogP contribution in [0.2, 0.25) is 0 Å². The second-order valence-electron chi connectivity index (χ2n) is 14.4. The van der Waals surface area contributed by atoms with E-state index in [1.54, 1.807) is 67.6 Å². The zero-order chi connectivity index (χ0) is 44.0. The van der Waals surface area contributed by atoms with Gasteiger partial charge in [0.2, 0.25) is 15.4 Å². The van der Waals surface area contributed by atoms with E-state index in [2.05, 4.69) is 37.8 Å². The molecule has 2 amide bonds. The summed E-state index contributed by atoms with van der Waals surface area (Å²) in [5.74, 6) is 5.46. The van der Waals surface area contributed by atoms with Crippen LogP contribution in [-0.2, 0) is 9.84 Å². The molecular formula is C47H43ClN6O8S. The van der Waals surface area contributed by atoms with E-state index in [4.69, 9.17) is 10.5 Å². The van der Waals surface area contributed by atoms with E-state index in [1.807, 2.05) is 0 Å². The van der Waals surface area contributed by atoms with Gasteiger partial charge in [-0.05, 0) is 110 Å². The minimum atomic E-state index is -4.18. The number of carbonyl (C=O) groups excluding carboxylic acids is 2. The molecule has 0 spiro atoms. The van der Waals surface area contributed by atoms with Gasteiger partial charge in [0.15, 0.2) is 0 Å². The molecule has 63 heavy (non-hydrogen) atoms. The number of ether oxygens (including phenoxy) is 1. The number of H-pyrrole nitrogens is 1. The molecule has 7 rings (SSSR count). The van der Waals surface area contributed by atoms with Crippen molar-refractivity contribution in [3.05, 3.63) is 154 Å². The summed E-state index contributed by atoms with van der Waals surface area (Å²) >= 11 is 0. The maximum atomic E-state index is 14.1. The Bertz CT molecular complexity index is 3090. The zero-order valence-corrected chi connectivity index (χ0v) is 35.7. The van der Waals surface area contributed by atoms with E-state index in [1.165, 1.54) is 61.8 Å². The van der Waals surface area contributed by atoms with Gasteiger partial charge in [-0.2, -0.15) is 0 Å². The summed E-state index contributed by atoms with van der Waals surface area (Å²) in [4.78, 5) is 44.4. The Kier molecular flexibility index (Phi) is 14.1. The van der Waals surface area contributed by atoms with Gasteiger partial charge in [-0.3, -0.25) is 19.4 Å². The number of aliphatic hydroxyl groups is 1. The van der Waals surface area contributed by atoms with Crippen LogP contribution >= 0.6 is 12.4 Å². The minimum absolute atomic E-state index is 0. The number of nitrogens with two attached hydrogens (primary N) is 1. The highest BCUT2D eigenvalue weighted by Gasteiger charge is 2.24. The van der Waals surface area contributed by atoms with Gasteiger partial charge in [0, 0.05) is 64.6 Å². The van der Waals surface area contributed by atoms with Gasteiger partial charge in [-0.15, -0.1) is 12.4 Å². The number of benzene rings is 5. The van der Waals surface area contributed by atoms with Crippen molar-refractivity contribution in [1.29, 1.82) is 0 Å². The van der Waals surface area contributed by atoms with Crippen molar-refractivity contribution >= 4 is 72.9 Å². The number of rotatable bonds is 14. The summed E-state index contributed by atoms with van der Waals surface area (Å²) in [6.07, 6.45) is 1.82. The Labute approximate surface area is 368 Å². The molecule has 2 heterocycles. The number of nitrogens with one attached hydrogen (secondary N) is 4. The second-order valence-corrected chi connectivity index (χ2v) is 16.3. The van der Waals surface area contributed by atoms with Crippen LogP contribution in [0.5, 0.6) is 11.5 Å². The van der Waals surface area contributed by atoms with E-state index >= 15 is 0 Å². The molecule has 14 nitrogen and oxygen atoms in total. The number of aryl methyl sites for hydroxylation is 1. The first-order valence-corrected chi connectivity index (χ1v) is 20.9. The van der Waals surface area contributed by atoms with Crippen molar-refractivity contribution in [2.24, 2.45) is 5.73 Å². The molecule has 0 aliphatic heterocycles. The lowest BCUT2D eigenvalue weighted by Gasteiger charge is -2.16.